The molecule has 20 heteroatoms. The summed E-state index contributed by atoms with van der Waals surface area (Å²) in [7, 11) is -7.80. The molecular formula is C41H45F4N5O9S2. The first-order chi connectivity index (χ1) is 28.9. The summed E-state index contributed by atoms with van der Waals surface area (Å²) in [6.07, 6.45) is -0.0241. The summed E-state index contributed by atoms with van der Waals surface area (Å²) in [6.45, 7) is 1.85. The highest BCUT2D eigenvalue weighted by molar-refractivity contribution is 7.89. The predicted octanol–water partition coefficient (Wildman–Crippen LogP) is 5.70. The number of hydrogen-bond donors (Lipinski definition) is 1. The smallest absolute Gasteiger partial charge is 0.416 e. The van der Waals surface area contributed by atoms with Gasteiger partial charge in [0.2, 0.25) is 20.0 Å². The van der Waals surface area contributed by atoms with Crippen LogP contribution >= 0.6 is 0 Å². The van der Waals surface area contributed by atoms with Crippen LogP contribution in [0.25, 0.3) is 0 Å². The number of benzene rings is 3. The van der Waals surface area contributed by atoms with Crippen molar-refractivity contribution in [2.24, 2.45) is 16.2 Å². The van der Waals surface area contributed by atoms with Gasteiger partial charge >= 0.3 is 12.1 Å². The van der Waals surface area contributed by atoms with Crippen LogP contribution < -0.4 is 0 Å². The Kier molecular flexibility index (Phi) is 12.6. The molecule has 0 radical (unpaired) electrons. The van der Waals surface area contributed by atoms with E-state index in [0.717, 1.165) is 43.5 Å². The first-order valence-corrected chi connectivity index (χ1v) is 22.8. The van der Waals surface area contributed by atoms with Crippen molar-refractivity contribution >= 4 is 43.3 Å². The number of aliphatic carboxylic acids is 1. The standard InChI is InChI=1S/C27H30F3N3O4S.C14H15FN2O5S/c28-27(29,30)22-7-4-8-23(18-22)38(35,36)33-15-11-26(12-16-33)19-24(31-37-26)25(34)32-13-9-21(10-14-32)17-20-5-2-1-3-6-20;15-10-1-3-11(4-2-10)23(20,21)17-7-5-14(6-8-17)9-12(13(18)19)16-22-14/h1-8,18,21H,9-17,19H2;1-4H,5-9H2,(H,18,19). The molecule has 3 saturated heterocycles. The molecule has 0 unspecified atom stereocenters. The van der Waals surface area contributed by atoms with E-state index in [1.165, 1.54) is 32.4 Å². The van der Waals surface area contributed by atoms with Crippen molar-refractivity contribution in [3.63, 3.8) is 0 Å². The van der Waals surface area contributed by atoms with Crippen molar-refractivity contribution in [2.75, 3.05) is 39.3 Å². The molecule has 2 spiro atoms. The molecule has 3 aromatic carbocycles. The van der Waals surface area contributed by atoms with Crippen LogP contribution in [0.15, 0.2) is 99.0 Å². The number of carbonyl (C=O) groups excluding carboxylic acids is 1. The van der Waals surface area contributed by atoms with Crippen LogP contribution in [0.3, 0.4) is 0 Å². The van der Waals surface area contributed by atoms with E-state index in [1.54, 1.807) is 0 Å². The lowest BCUT2D eigenvalue weighted by Crippen LogP contribution is -2.48. The lowest BCUT2D eigenvalue weighted by atomic mass is 9.87. The molecule has 61 heavy (non-hydrogen) atoms. The van der Waals surface area contributed by atoms with Gasteiger partial charge in [-0.25, -0.2) is 26.0 Å². The summed E-state index contributed by atoms with van der Waals surface area (Å²) in [5, 5.41) is 16.6. The number of carboxylic acid groups (broad SMARTS) is 1. The van der Waals surface area contributed by atoms with Crippen molar-refractivity contribution in [2.45, 2.75) is 85.0 Å². The third-order valence-electron chi connectivity index (χ3n) is 12.0. The molecule has 8 rings (SSSR count). The zero-order valence-electron chi connectivity index (χ0n) is 33.0. The highest BCUT2D eigenvalue weighted by atomic mass is 32.2. The lowest BCUT2D eigenvalue weighted by molar-refractivity contribution is -0.137. The minimum absolute atomic E-state index is 0.0321. The van der Waals surface area contributed by atoms with Gasteiger partial charge in [0.15, 0.2) is 5.71 Å². The second kappa shape index (κ2) is 17.5. The molecule has 5 heterocycles. The molecule has 14 nitrogen and oxygen atoms in total. The van der Waals surface area contributed by atoms with Crippen LogP contribution in [0, 0.1) is 11.7 Å². The van der Waals surface area contributed by atoms with Crippen LogP contribution in [0.4, 0.5) is 17.6 Å². The van der Waals surface area contributed by atoms with Crippen LogP contribution in [-0.4, -0.2) is 109 Å². The zero-order valence-corrected chi connectivity index (χ0v) is 34.6. The van der Waals surface area contributed by atoms with E-state index in [2.05, 4.69) is 22.4 Å². The monoisotopic (exact) mass is 891 g/mol. The van der Waals surface area contributed by atoms with Gasteiger partial charge in [0, 0.05) is 77.8 Å². The number of halogens is 4. The van der Waals surface area contributed by atoms with E-state index >= 15 is 0 Å². The molecule has 5 aliphatic rings. The first kappa shape index (κ1) is 44.1. The number of carboxylic acids is 1. The normalized spacial score (nSPS) is 20.9. The SMILES string of the molecule is O=C(C1=NOC2(CCN(S(=O)(=O)c3cccc(C(F)(F)F)c3)CC2)C1)N1CCC(Cc2ccccc2)CC1.O=C(O)C1=NOC2(CCN(S(=O)(=O)c3ccc(F)cc3)CC2)C1. The average Bonchev–Trinajstić information content (AvgIpc) is 3.86. The fourth-order valence-electron chi connectivity index (χ4n) is 8.28. The van der Waals surface area contributed by atoms with Crippen molar-refractivity contribution in [1.82, 2.24) is 13.5 Å². The van der Waals surface area contributed by atoms with Gasteiger partial charge in [-0.3, -0.25) is 4.79 Å². The summed E-state index contributed by atoms with van der Waals surface area (Å²) in [5.74, 6) is -1.24. The van der Waals surface area contributed by atoms with Gasteiger partial charge in [-0.2, -0.15) is 21.8 Å². The number of carbonyl (C=O) groups is 2. The first-order valence-electron chi connectivity index (χ1n) is 19.9. The van der Waals surface area contributed by atoms with E-state index in [4.69, 9.17) is 14.8 Å². The Labute approximate surface area is 350 Å². The molecule has 0 bridgehead atoms. The van der Waals surface area contributed by atoms with Gasteiger partial charge in [-0.1, -0.05) is 46.7 Å². The van der Waals surface area contributed by atoms with Crippen molar-refractivity contribution in [1.29, 1.82) is 0 Å². The molecule has 3 fully saturated rings. The maximum Gasteiger partial charge on any atom is 0.416 e. The summed E-state index contributed by atoms with van der Waals surface area (Å²) < 4.78 is 106. The molecule has 0 saturated carbocycles. The molecule has 1 amide bonds. The van der Waals surface area contributed by atoms with Gasteiger partial charge in [-0.05, 0) is 73.2 Å². The van der Waals surface area contributed by atoms with Gasteiger partial charge in [0.25, 0.3) is 5.91 Å². The molecule has 0 atom stereocenters. The number of alkyl halides is 3. The Hall–Kier alpha value is -4.92. The Morgan fingerprint density at radius 1 is 0.705 bits per heavy atom. The fraction of sp³-hybridized carbons (Fsp3) is 0.463. The quantitative estimate of drug-likeness (QED) is 0.279. The highest BCUT2D eigenvalue weighted by Gasteiger charge is 2.48. The van der Waals surface area contributed by atoms with Crippen LogP contribution in [0.5, 0.6) is 0 Å². The Morgan fingerprint density at radius 3 is 1.75 bits per heavy atom. The summed E-state index contributed by atoms with van der Waals surface area (Å²) >= 11 is 0. The number of oxime groups is 2. The minimum atomic E-state index is -4.63. The second-order valence-electron chi connectivity index (χ2n) is 16.0. The Morgan fingerprint density at radius 2 is 1.23 bits per heavy atom. The summed E-state index contributed by atoms with van der Waals surface area (Å²) in [4.78, 5) is 36.5. The third-order valence-corrected chi connectivity index (χ3v) is 15.8. The number of likely N-dealkylation sites (tertiary alicyclic amines) is 1. The third kappa shape index (κ3) is 9.92. The van der Waals surface area contributed by atoms with E-state index in [9.17, 15) is 44.0 Å². The lowest BCUT2D eigenvalue weighted by Gasteiger charge is -2.36. The van der Waals surface area contributed by atoms with Gasteiger partial charge in [0.1, 0.15) is 22.7 Å². The second-order valence-corrected chi connectivity index (χ2v) is 19.9. The number of piperidine rings is 3. The number of sulfonamides is 2. The van der Waals surface area contributed by atoms with Gasteiger partial charge in [-0.15, -0.1) is 0 Å². The number of hydrogen-bond acceptors (Lipinski definition) is 10. The molecule has 5 aliphatic heterocycles. The summed E-state index contributed by atoms with van der Waals surface area (Å²) in [5.41, 5.74) is -0.902. The fourth-order valence-corrected chi connectivity index (χ4v) is 11.2. The number of rotatable bonds is 8. The van der Waals surface area contributed by atoms with Crippen LogP contribution in [0.2, 0.25) is 0 Å². The van der Waals surface area contributed by atoms with E-state index in [1.807, 2.05) is 23.1 Å². The Bertz CT molecular complexity index is 2370. The van der Waals surface area contributed by atoms with Gasteiger partial charge < -0.3 is 19.7 Å². The largest absolute Gasteiger partial charge is 0.477 e. The van der Waals surface area contributed by atoms with E-state index < -0.39 is 59.7 Å². The van der Waals surface area contributed by atoms with Crippen LogP contribution in [-0.2, 0) is 51.9 Å². The molecule has 3 aromatic rings. The molecule has 1 N–H and O–H groups in total. The predicted molar refractivity (Wildman–Crippen MR) is 213 cm³/mol. The van der Waals surface area contributed by atoms with Gasteiger partial charge in [0.05, 0.1) is 15.4 Å². The van der Waals surface area contributed by atoms with Crippen molar-refractivity contribution in [3.8, 4) is 0 Å². The molecule has 0 aliphatic carbocycles. The maximum absolute atomic E-state index is 13.1. The summed E-state index contributed by atoms with van der Waals surface area (Å²) in [6, 6.07) is 18.8. The number of nitrogens with zero attached hydrogens (tertiary/aromatic N) is 5. The molecule has 328 valence electrons. The van der Waals surface area contributed by atoms with E-state index in [0.29, 0.717) is 62.9 Å². The zero-order chi connectivity index (χ0) is 43.6. The average molecular weight is 892 g/mol. The minimum Gasteiger partial charge on any atom is -0.477 e. The van der Waals surface area contributed by atoms with Crippen molar-refractivity contribution in [3.05, 3.63) is 95.8 Å². The van der Waals surface area contributed by atoms with Crippen molar-refractivity contribution < 1.29 is 58.8 Å². The molecular weight excluding hydrogens is 847 g/mol. The number of amides is 1. The molecule has 0 aromatic heterocycles. The van der Waals surface area contributed by atoms with Crippen LogP contribution in [0.1, 0.15) is 62.5 Å². The highest BCUT2D eigenvalue weighted by Crippen LogP contribution is 2.39. The maximum atomic E-state index is 13.1. The topological polar surface area (TPSA) is 176 Å². The Balaban J connectivity index is 0.000000208. The van der Waals surface area contributed by atoms with E-state index in [-0.39, 0.29) is 49.1 Å².